The van der Waals surface area contributed by atoms with Gasteiger partial charge in [0.05, 0.1) is 17.7 Å². The van der Waals surface area contributed by atoms with Crippen LogP contribution in [-0.2, 0) is 14.3 Å². The van der Waals surface area contributed by atoms with Crippen molar-refractivity contribution in [1.29, 1.82) is 0 Å². The van der Waals surface area contributed by atoms with Crippen LogP contribution >= 0.6 is 0 Å². The Morgan fingerprint density at radius 1 is 1.11 bits per heavy atom. The number of nitrogens with zero attached hydrogens (tertiary/aromatic N) is 1. The average Bonchev–Trinajstić information content (AvgIpc) is 2.62. The predicted octanol–water partition coefficient (Wildman–Crippen LogP) is 0.415. The molecule has 0 fully saturated rings. The minimum atomic E-state index is -0.587. The summed E-state index contributed by atoms with van der Waals surface area (Å²) >= 11 is 0. The van der Waals surface area contributed by atoms with Crippen molar-refractivity contribution in [3.63, 3.8) is 0 Å². The highest BCUT2D eigenvalue weighted by Crippen LogP contribution is 2.21. The molecule has 0 saturated carbocycles. The first-order valence-electron chi connectivity index (χ1n) is 5.61. The number of Topliss-reactive ketones (excluding diaryl/α,β-unsaturated/α-hetero) is 1. The number of ketones is 1. The number of esters is 1. The summed E-state index contributed by atoms with van der Waals surface area (Å²) in [6.45, 7) is 0.345. The van der Waals surface area contributed by atoms with Crippen LogP contribution in [0.4, 0.5) is 0 Å². The molecule has 0 aliphatic carbocycles. The predicted molar refractivity (Wildman–Crippen MR) is 63.4 cm³/mol. The van der Waals surface area contributed by atoms with Crippen LogP contribution in [0, 0.1) is 0 Å². The number of hydrogen-bond donors (Lipinski definition) is 0. The van der Waals surface area contributed by atoms with Gasteiger partial charge in [0.25, 0.3) is 11.8 Å². The fraction of sp³-hybridized carbons (Fsp3) is 0.231. The highest BCUT2D eigenvalue weighted by molar-refractivity contribution is 6.22. The van der Waals surface area contributed by atoms with E-state index in [1.807, 2.05) is 0 Å². The number of carbonyl (C=O) groups is 4. The molecule has 2 amide bonds. The van der Waals surface area contributed by atoms with Gasteiger partial charge in [-0.1, -0.05) is 12.1 Å². The molecule has 1 aromatic rings. The molecule has 0 saturated heterocycles. The maximum absolute atomic E-state index is 11.9. The van der Waals surface area contributed by atoms with Crippen LogP contribution in [0.25, 0.3) is 0 Å². The van der Waals surface area contributed by atoms with Crippen molar-refractivity contribution in [2.75, 3.05) is 13.2 Å². The SMILES string of the molecule is CC(=O)OCC(=O)CN1C(=O)c2ccccc2C1=O. The van der Waals surface area contributed by atoms with Crippen molar-refractivity contribution < 1.29 is 23.9 Å². The van der Waals surface area contributed by atoms with Gasteiger partial charge in [0.2, 0.25) is 0 Å². The largest absolute Gasteiger partial charge is 0.458 e. The van der Waals surface area contributed by atoms with E-state index in [1.165, 1.54) is 19.1 Å². The van der Waals surface area contributed by atoms with Crippen LogP contribution < -0.4 is 0 Å². The van der Waals surface area contributed by atoms with Gasteiger partial charge in [0.1, 0.15) is 0 Å². The molecule has 6 heteroatoms. The van der Waals surface area contributed by atoms with Gasteiger partial charge in [-0.15, -0.1) is 0 Å². The van der Waals surface area contributed by atoms with E-state index in [9.17, 15) is 19.2 Å². The van der Waals surface area contributed by atoms with Crippen molar-refractivity contribution >= 4 is 23.6 Å². The summed E-state index contributed by atoms with van der Waals surface area (Å²) in [7, 11) is 0. The Balaban J connectivity index is 2.08. The monoisotopic (exact) mass is 261 g/mol. The molecule has 2 rings (SSSR count). The van der Waals surface area contributed by atoms with E-state index in [0.29, 0.717) is 0 Å². The average molecular weight is 261 g/mol. The number of hydrogen-bond acceptors (Lipinski definition) is 5. The number of ether oxygens (including phenoxy) is 1. The van der Waals surface area contributed by atoms with E-state index < -0.39 is 30.2 Å². The molecule has 1 heterocycles. The zero-order chi connectivity index (χ0) is 14.0. The molecule has 1 aliphatic rings. The summed E-state index contributed by atoms with van der Waals surface area (Å²) in [5, 5.41) is 0. The Kier molecular flexibility index (Phi) is 3.41. The lowest BCUT2D eigenvalue weighted by Gasteiger charge is -2.12. The smallest absolute Gasteiger partial charge is 0.303 e. The van der Waals surface area contributed by atoms with Gasteiger partial charge in [-0.3, -0.25) is 24.1 Å². The molecule has 0 aromatic heterocycles. The van der Waals surface area contributed by atoms with Gasteiger partial charge in [-0.2, -0.15) is 0 Å². The van der Waals surface area contributed by atoms with Gasteiger partial charge in [-0.05, 0) is 12.1 Å². The Bertz CT molecular complexity index is 543. The number of rotatable bonds is 4. The van der Waals surface area contributed by atoms with Gasteiger partial charge >= 0.3 is 5.97 Å². The topological polar surface area (TPSA) is 80.8 Å². The first-order valence-corrected chi connectivity index (χ1v) is 5.61. The third-order valence-corrected chi connectivity index (χ3v) is 2.65. The normalized spacial score (nSPS) is 13.4. The number of fused-ring (bicyclic) bond motifs is 1. The summed E-state index contributed by atoms with van der Waals surface area (Å²) < 4.78 is 4.52. The summed E-state index contributed by atoms with van der Waals surface area (Å²) in [5.74, 6) is -2.10. The van der Waals surface area contributed by atoms with Crippen molar-refractivity contribution in [3.05, 3.63) is 35.4 Å². The maximum atomic E-state index is 11.9. The highest BCUT2D eigenvalue weighted by Gasteiger charge is 2.36. The van der Waals surface area contributed by atoms with Crippen LogP contribution in [0.3, 0.4) is 0 Å². The lowest BCUT2D eigenvalue weighted by molar-refractivity contribution is -0.145. The van der Waals surface area contributed by atoms with E-state index in [2.05, 4.69) is 4.74 Å². The standard InChI is InChI=1S/C13H11NO5/c1-8(15)19-7-9(16)6-14-12(17)10-4-2-3-5-11(10)13(14)18/h2-5H,6-7H2,1H3. The summed E-state index contributed by atoms with van der Waals surface area (Å²) in [6.07, 6.45) is 0. The van der Waals surface area contributed by atoms with Crippen LogP contribution in [0.5, 0.6) is 0 Å². The Labute approximate surface area is 108 Å². The van der Waals surface area contributed by atoms with Crippen LogP contribution in [0.1, 0.15) is 27.6 Å². The number of benzene rings is 1. The summed E-state index contributed by atoms with van der Waals surface area (Å²) in [6, 6.07) is 6.36. The minimum absolute atomic E-state index is 0.285. The summed E-state index contributed by atoms with van der Waals surface area (Å²) in [4.78, 5) is 46.8. The van der Waals surface area contributed by atoms with E-state index in [0.717, 1.165) is 4.90 Å². The van der Waals surface area contributed by atoms with E-state index in [-0.39, 0.29) is 17.7 Å². The number of carbonyl (C=O) groups excluding carboxylic acids is 4. The second-order valence-corrected chi connectivity index (χ2v) is 4.06. The third-order valence-electron chi connectivity index (χ3n) is 2.65. The summed E-state index contributed by atoms with van der Waals surface area (Å²) in [5.41, 5.74) is 0.570. The van der Waals surface area contributed by atoms with E-state index in [4.69, 9.17) is 0 Å². The van der Waals surface area contributed by atoms with Gasteiger partial charge in [-0.25, -0.2) is 0 Å². The lowest BCUT2D eigenvalue weighted by atomic mass is 10.1. The second-order valence-electron chi connectivity index (χ2n) is 4.06. The fourth-order valence-electron chi connectivity index (χ4n) is 1.79. The van der Waals surface area contributed by atoms with Crippen LogP contribution in [0.2, 0.25) is 0 Å². The number of amides is 2. The van der Waals surface area contributed by atoms with Crippen LogP contribution in [0.15, 0.2) is 24.3 Å². The molecule has 1 aliphatic heterocycles. The maximum Gasteiger partial charge on any atom is 0.303 e. The molecule has 0 radical (unpaired) electrons. The Morgan fingerprint density at radius 2 is 1.63 bits per heavy atom. The van der Waals surface area contributed by atoms with Crippen molar-refractivity contribution in [1.82, 2.24) is 4.90 Å². The van der Waals surface area contributed by atoms with Gasteiger partial charge in [0.15, 0.2) is 12.4 Å². The number of imide groups is 1. The lowest BCUT2D eigenvalue weighted by Crippen LogP contribution is -2.36. The molecule has 6 nitrogen and oxygen atoms in total. The molecule has 0 atom stereocenters. The molecule has 1 aromatic carbocycles. The molecular weight excluding hydrogens is 250 g/mol. The quantitative estimate of drug-likeness (QED) is 0.579. The van der Waals surface area contributed by atoms with Crippen LogP contribution in [-0.4, -0.2) is 41.6 Å². The molecule has 0 spiro atoms. The first kappa shape index (κ1) is 12.9. The first-order chi connectivity index (χ1) is 9.00. The highest BCUT2D eigenvalue weighted by atomic mass is 16.5. The minimum Gasteiger partial charge on any atom is -0.458 e. The molecule has 0 unspecified atom stereocenters. The van der Waals surface area contributed by atoms with E-state index >= 15 is 0 Å². The van der Waals surface area contributed by atoms with Crippen molar-refractivity contribution in [2.24, 2.45) is 0 Å². The Hall–Kier alpha value is -2.50. The van der Waals surface area contributed by atoms with E-state index in [1.54, 1.807) is 12.1 Å². The zero-order valence-corrected chi connectivity index (χ0v) is 10.2. The second kappa shape index (κ2) is 5.01. The van der Waals surface area contributed by atoms with Crippen molar-refractivity contribution in [2.45, 2.75) is 6.92 Å². The molecular formula is C13H11NO5. The molecule has 98 valence electrons. The van der Waals surface area contributed by atoms with Gasteiger partial charge < -0.3 is 4.74 Å². The Morgan fingerprint density at radius 3 is 2.11 bits per heavy atom. The van der Waals surface area contributed by atoms with Crippen molar-refractivity contribution in [3.8, 4) is 0 Å². The molecule has 0 bridgehead atoms. The fourth-order valence-corrected chi connectivity index (χ4v) is 1.79. The third kappa shape index (κ3) is 2.52. The zero-order valence-electron chi connectivity index (χ0n) is 10.2. The molecule has 0 N–H and O–H groups in total. The van der Waals surface area contributed by atoms with Gasteiger partial charge in [0, 0.05) is 6.92 Å². The molecule has 19 heavy (non-hydrogen) atoms.